The summed E-state index contributed by atoms with van der Waals surface area (Å²) in [5.41, 5.74) is 4.00. The van der Waals surface area contributed by atoms with Gasteiger partial charge in [0.15, 0.2) is 0 Å². The van der Waals surface area contributed by atoms with Gasteiger partial charge in [0.1, 0.15) is 0 Å². The molecule has 0 amide bonds. The summed E-state index contributed by atoms with van der Waals surface area (Å²) in [6.07, 6.45) is 3.45. The van der Waals surface area contributed by atoms with Crippen LogP contribution in [0.1, 0.15) is 17.2 Å². The zero-order chi connectivity index (χ0) is 10.5. The van der Waals surface area contributed by atoms with E-state index < -0.39 is 0 Å². The molecule has 1 unspecified atom stereocenters. The van der Waals surface area contributed by atoms with Crippen molar-refractivity contribution < 1.29 is 4.74 Å². The molecule has 2 heterocycles. The van der Waals surface area contributed by atoms with E-state index in [2.05, 4.69) is 34.7 Å². The highest BCUT2D eigenvalue weighted by atomic mass is 16.5. The van der Waals surface area contributed by atoms with Crippen LogP contribution >= 0.6 is 0 Å². The fraction of sp³-hybridized carbons (Fsp3) is 0.385. The number of hydrogen-bond donors (Lipinski definition) is 2. The van der Waals surface area contributed by atoms with Crippen LogP contribution in [-0.4, -0.2) is 24.2 Å². The third kappa shape index (κ3) is 1.05. The van der Waals surface area contributed by atoms with Crippen molar-refractivity contribution in [2.45, 2.75) is 18.6 Å². The fourth-order valence-corrected chi connectivity index (χ4v) is 3.06. The molecular formula is C13H14N2O. The van der Waals surface area contributed by atoms with Gasteiger partial charge in [-0.2, -0.15) is 0 Å². The zero-order valence-electron chi connectivity index (χ0n) is 8.99. The molecule has 1 aliphatic carbocycles. The maximum absolute atomic E-state index is 5.92. The van der Waals surface area contributed by atoms with Crippen molar-refractivity contribution in [3.8, 4) is 0 Å². The van der Waals surface area contributed by atoms with Crippen LogP contribution < -0.4 is 5.32 Å². The maximum atomic E-state index is 5.92. The van der Waals surface area contributed by atoms with Crippen LogP contribution in [0.4, 0.5) is 0 Å². The molecular weight excluding hydrogens is 200 g/mol. The van der Waals surface area contributed by atoms with Gasteiger partial charge in [-0.3, -0.25) is 0 Å². The molecule has 0 bridgehead atoms. The third-order valence-corrected chi connectivity index (χ3v) is 3.74. The molecule has 82 valence electrons. The summed E-state index contributed by atoms with van der Waals surface area (Å²) in [6.45, 7) is 1.79. The minimum absolute atomic E-state index is 0.237. The van der Waals surface area contributed by atoms with Gasteiger partial charge in [0.05, 0.1) is 12.7 Å². The summed E-state index contributed by atoms with van der Waals surface area (Å²) in [7, 11) is 0. The Morgan fingerprint density at radius 1 is 1.31 bits per heavy atom. The molecule has 1 aromatic carbocycles. The van der Waals surface area contributed by atoms with Crippen molar-refractivity contribution >= 4 is 10.9 Å². The number of aromatic amines is 1. The quantitative estimate of drug-likeness (QED) is 0.701. The van der Waals surface area contributed by atoms with Crippen LogP contribution in [0, 0.1) is 0 Å². The Kier molecular flexibility index (Phi) is 1.70. The molecule has 1 aliphatic heterocycles. The van der Waals surface area contributed by atoms with E-state index in [-0.39, 0.29) is 6.10 Å². The third-order valence-electron chi connectivity index (χ3n) is 3.74. The first kappa shape index (κ1) is 8.79. The Labute approximate surface area is 93.8 Å². The highest BCUT2D eigenvalue weighted by Gasteiger charge is 2.33. The number of ether oxygens (including phenoxy) is 1. The van der Waals surface area contributed by atoms with Crippen LogP contribution in [0.3, 0.4) is 0 Å². The average molecular weight is 214 g/mol. The van der Waals surface area contributed by atoms with Crippen molar-refractivity contribution in [1.29, 1.82) is 0 Å². The minimum atomic E-state index is 0.237. The summed E-state index contributed by atoms with van der Waals surface area (Å²) in [6, 6.07) is 6.89. The Morgan fingerprint density at radius 2 is 2.31 bits per heavy atom. The summed E-state index contributed by atoms with van der Waals surface area (Å²) in [4.78, 5) is 3.35. The zero-order valence-corrected chi connectivity index (χ0v) is 8.99. The molecule has 0 radical (unpaired) electrons. The lowest BCUT2D eigenvalue weighted by atomic mass is 9.86. The van der Waals surface area contributed by atoms with Gasteiger partial charge in [-0.1, -0.05) is 12.1 Å². The lowest BCUT2D eigenvalue weighted by Gasteiger charge is -2.36. The molecule has 1 saturated heterocycles. The second kappa shape index (κ2) is 3.09. The second-order valence-electron chi connectivity index (χ2n) is 4.64. The smallest absolute Gasteiger partial charge is 0.0988 e. The van der Waals surface area contributed by atoms with Crippen LogP contribution in [0.5, 0.6) is 0 Å². The lowest BCUT2D eigenvalue weighted by Crippen LogP contribution is -2.46. The van der Waals surface area contributed by atoms with Gasteiger partial charge < -0.3 is 15.0 Å². The molecule has 0 spiro atoms. The van der Waals surface area contributed by atoms with Gasteiger partial charge in [-0.05, 0) is 23.6 Å². The number of H-pyrrole nitrogens is 1. The number of fused-ring (bicyclic) bond motifs is 2. The van der Waals surface area contributed by atoms with E-state index in [0.717, 1.165) is 19.6 Å². The molecule has 16 heavy (non-hydrogen) atoms. The molecule has 3 nitrogen and oxygen atoms in total. The van der Waals surface area contributed by atoms with Crippen LogP contribution in [-0.2, 0) is 11.2 Å². The summed E-state index contributed by atoms with van der Waals surface area (Å²) in [5.74, 6) is 0. The maximum Gasteiger partial charge on any atom is 0.0988 e. The van der Waals surface area contributed by atoms with Gasteiger partial charge in [0, 0.05) is 29.7 Å². The molecule has 0 saturated carbocycles. The van der Waals surface area contributed by atoms with Crippen molar-refractivity contribution in [2.24, 2.45) is 0 Å². The predicted molar refractivity (Wildman–Crippen MR) is 62.5 cm³/mol. The number of morpholine rings is 1. The van der Waals surface area contributed by atoms with E-state index in [0.29, 0.717) is 6.04 Å². The number of aromatic nitrogens is 1. The van der Waals surface area contributed by atoms with Crippen molar-refractivity contribution in [1.82, 2.24) is 10.3 Å². The number of hydrogen-bond acceptors (Lipinski definition) is 2. The molecule has 2 N–H and O–H groups in total. The molecule has 4 rings (SSSR count). The van der Waals surface area contributed by atoms with Crippen LogP contribution in [0.15, 0.2) is 24.4 Å². The SMILES string of the molecule is c1cc2c3c(c[nH]c3c1)C[C@H]1NCCOC21. The normalized spacial score (nSPS) is 28.0. The van der Waals surface area contributed by atoms with Gasteiger partial charge in [0.2, 0.25) is 0 Å². The highest BCUT2D eigenvalue weighted by Crippen LogP contribution is 2.38. The molecule has 2 aliphatic rings. The fourth-order valence-electron chi connectivity index (χ4n) is 3.06. The predicted octanol–water partition coefficient (Wildman–Crippen LogP) is 1.75. The van der Waals surface area contributed by atoms with Crippen LogP contribution in [0.2, 0.25) is 0 Å². The van der Waals surface area contributed by atoms with Gasteiger partial charge in [0.25, 0.3) is 0 Å². The average Bonchev–Trinajstić information content (AvgIpc) is 2.75. The molecule has 2 aromatic rings. The molecule has 1 aromatic heterocycles. The molecule has 1 fully saturated rings. The summed E-state index contributed by atoms with van der Waals surface area (Å²) in [5, 5.41) is 4.94. The Bertz CT molecular complexity index is 546. The largest absolute Gasteiger partial charge is 0.371 e. The topological polar surface area (TPSA) is 37.0 Å². The van der Waals surface area contributed by atoms with E-state index in [1.807, 2.05) is 0 Å². The molecule has 2 atom stereocenters. The summed E-state index contributed by atoms with van der Waals surface area (Å²) >= 11 is 0. The van der Waals surface area contributed by atoms with Gasteiger partial charge in [-0.25, -0.2) is 0 Å². The second-order valence-corrected chi connectivity index (χ2v) is 4.64. The highest BCUT2D eigenvalue weighted by molar-refractivity contribution is 5.88. The Balaban J connectivity index is 1.98. The van der Waals surface area contributed by atoms with E-state index >= 15 is 0 Å². The first-order chi connectivity index (χ1) is 7.93. The minimum Gasteiger partial charge on any atom is -0.371 e. The van der Waals surface area contributed by atoms with E-state index in [9.17, 15) is 0 Å². The first-order valence-electron chi connectivity index (χ1n) is 5.87. The van der Waals surface area contributed by atoms with Crippen molar-refractivity contribution in [3.63, 3.8) is 0 Å². The standard InChI is InChI=1S/C13H14N2O/c1-2-9-12-8(7-15-10(12)3-1)6-11-13(9)16-5-4-14-11/h1-3,7,11,13-15H,4-6H2/t11-,13?/m1/s1. The number of nitrogens with one attached hydrogen (secondary N) is 2. The molecule has 3 heteroatoms. The number of benzene rings is 1. The monoisotopic (exact) mass is 214 g/mol. The van der Waals surface area contributed by atoms with Gasteiger partial charge in [-0.15, -0.1) is 0 Å². The Morgan fingerprint density at radius 3 is 3.31 bits per heavy atom. The van der Waals surface area contributed by atoms with Crippen molar-refractivity contribution in [3.05, 3.63) is 35.5 Å². The first-order valence-corrected chi connectivity index (χ1v) is 5.87. The van der Waals surface area contributed by atoms with E-state index in [1.165, 1.54) is 22.0 Å². The van der Waals surface area contributed by atoms with Gasteiger partial charge >= 0.3 is 0 Å². The summed E-state index contributed by atoms with van der Waals surface area (Å²) < 4.78 is 5.92. The van der Waals surface area contributed by atoms with E-state index in [1.54, 1.807) is 0 Å². The Hall–Kier alpha value is -1.32. The van der Waals surface area contributed by atoms with Crippen LogP contribution in [0.25, 0.3) is 10.9 Å². The van der Waals surface area contributed by atoms with E-state index in [4.69, 9.17) is 4.74 Å². The van der Waals surface area contributed by atoms with Crippen molar-refractivity contribution in [2.75, 3.05) is 13.2 Å². The lowest BCUT2D eigenvalue weighted by molar-refractivity contribution is -0.00620. The number of rotatable bonds is 0.